The van der Waals surface area contributed by atoms with Crippen LogP contribution in [0, 0.1) is 0 Å². The zero-order valence-electron chi connectivity index (χ0n) is 15.0. The van der Waals surface area contributed by atoms with Crippen molar-refractivity contribution in [2.24, 2.45) is 0 Å². The van der Waals surface area contributed by atoms with E-state index in [4.69, 9.17) is 4.74 Å². The fourth-order valence-electron chi connectivity index (χ4n) is 3.41. The third-order valence-corrected chi connectivity index (χ3v) is 6.29. The predicted octanol–water partition coefficient (Wildman–Crippen LogP) is 2.36. The lowest BCUT2D eigenvalue weighted by Gasteiger charge is -2.26. The van der Waals surface area contributed by atoms with E-state index in [1.54, 1.807) is 18.0 Å². The summed E-state index contributed by atoms with van der Waals surface area (Å²) in [5, 5.41) is 0. The number of nitrogens with zero attached hydrogens (tertiary/aromatic N) is 1. The summed E-state index contributed by atoms with van der Waals surface area (Å²) in [6.45, 7) is 0. The monoisotopic (exact) mass is 374 g/mol. The van der Waals surface area contributed by atoms with Crippen molar-refractivity contribution in [1.82, 2.24) is 9.62 Å². The number of fused-ring (bicyclic) bond motifs is 1. The van der Waals surface area contributed by atoms with Crippen molar-refractivity contribution >= 4 is 15.9 Å². The highest BCUT2D eigenvalue weighted by Gasteiger charge is 2.29. The van der Waals surface area contributed by atoms with Crippen molar-refractivity contribution in [1.29, 1.82) is 0 Å². The molecule has 0 aliphatic heterocycles. The van der Waals surface area contributed by atoms with Crippen LogP contribution in [0.1, 0.15) is 33.9 Å². The molecule has 1 aliphatic carbocycles. The topological polar surface area (TPSA) is 75.7 Å². The van der Waals surface area contributed by atoms with Gasteiger partial charge in [-0.2, -0.15) is 0 Å². The molecular formula is C19H22N2O4S. The van der Waals surface area contributed by atoms with Crippen molar-refractivity contribution in [2.75, 3.05) is 21.2 Å². The molecule has 3 rings (SSSR count). The highest BCUT2D eigenvalue weighted by Crippen LogP contribution is 2.36. The van der Waals surface area contributed by atoms with Crippen LogP contribution >= 0.6 is 0 Å². The third kappa shape index (κ3) is 3.20. The molecule has 2 aromatic carbocycles. The van der Waals surface area contributed by atoms with Crippen molar-refractivity contribution in [3.8, 4) is 5.75 Å². The summed E-state index contributed by atoms with van der Waals surface area (Å²) in [7, 11) is 0.740. The third-order valence-electron chi connectivity index (χ3n) is 4.86. The van der Waals surface area contributed by atoms with Crippen LogP contribution < -0.4 is 9.46 Å². The molecule has 2 aromatic rings. The minimum Gasteiger partial charge on any atom is -0.495 e. The van der Waals surface area contributed by atoms with Gasteiger partial charge in [-0.3, -0.25) is 4.79 Å². The number of benzene rings is 2. The number of methoxy groups -OCH3 is 1. The Morgan fingerprint density at radius 2 is 1.96 bits per heavy atom. The van der Waals surface area contributed by atoms with Crippen molar-refractivity contribution in [3.05, 3.63) is 59.2 Å². The van der Waals surface area contributed by atoms with Gasteiger partial charge in [0.05, 0.1) is 13.2 Å². The van der Waals surface area contributed by atoms with Crippen LogP contribution in [-0.2, 0) is 16.4 Å². The molecule has 0 unspecified atom stereocenters. The lowest BCUT2D eigenvalue weighted by Crippen LogP contribution is -2.30. The molecule has 138 valence electrons. The summed E-state index contributed by atoms with van der Waals surface area (Å²) in [6, 6.07) is 12.6. The molecule has 0 saturated heterocycles. The summed E-state index contributed by atoms with van der Waals surface area (Å²) in [4.78, 5) is 14.6. The van der Waals surface area contributed by atoms with Crippen LogP contribution in [0.25, 0.3) is 0 Å². The Morgan fingerprint density at radius 3 is 2.65 bits per heavy atom. The second-order valence-corrected chi connectivity index (χ2v) is 8.10. The standard InChI is InChI=1S/C19H22N2O4S/c1-20-26(23,24)18-12-14(9-11-17(18)25-3)19(22)21(2)16-10-8-13-6-4-5-7-15(13)16/h4-7,9,11-12,16,20H,8,10H2,1-3H3/t16-/m0/s1. The molecule has 6 nitrogen and oxygen atoms in total. The first-order valence-corrected chi connectivity index (χ1v) is 9.84. The highest BCUT2D eigenvalue weighted by atomic mass is 32.2. The van der Waals surface area contributed by atoms with Crippen LogP contribution in [0.4, 0.5) is 0 Å². The molecule has 0 fully saturated rings. The fourth-order valence-corrected chi connectivity index (χ4v) is 4.33. The number of ether oxygens (including phenoxy) is 1. The van der Waals surface area contributed by atoms with E-state index in [2.05, 4.69) is 10.8 Å². The Hall–Kier alpha value is -2.38. The second kappa shape index (κ2) is 7.09. The van der Waals surface area contributed by atoms with Crippen LogP contribution in [0.5, 0.6) is 5.75 Å². The first-order valence-electron chi connectivity index (χ1n) is 8.35. The molecule has 26 heavy (non-hydrogen) atoms. The van der Waals surface area contributed by atoms with Crippen LogP contribution in [0.3, 0.4) is 0 Å². The molecule has 1 amide bonds. The Labute approximate surface area is 153 Å². The van der Waals surface area contributed by atoms with Gasteiger partial charge in [0.25, 0.3) is 5.91 Å². The number of nitrogens with one attached hydrogen (secondary N) is 1. The molecule has 1 N–H and O–H groups in total. The minimum absolute atomic E-state index is 0.00911. The maximum Gasteiger partial charge on any atom is 0.254 e. The van der Waals surface area contributed by atoms with Gasteiger partial charge in [-0.25, -0.2) is 13.1 Å². The molecule has 1 aliphatic rings. The molecule has 1 atom stereocenters. The van der Waals surface area contributed by atoms with Gasteiger partial charge in [0.1, 0.15) is 10.6 Å². The van der Waals surface area contributed by atoms with Gasteiger partial charge in [-0.05, 0) is 49.2 Å². The van der Waals surface area contributed by atoms with Crippen LogP contribution in [0.15, 0.2) is 47.4 Å². The van der Waals surface area contributed by atoms with E-state index in [9.17, 15) is 13.2 Å². The van der Waals surface area contributed by atoms with Gasteiger partial charge in [-0.15, -0.1) is 0 Å². The first kappa shape index (κ1) is 18.4. The number of amides is 1. The molecule has 0 aromatic heterocycles. The number of sulfonamides is 1. The van der Waals surface area contributed by atoms with E-state index < -0.39 is 10.0 Å². The number of carbonyl (C=O) groups excluding carboxylic acids is 1. The maximum absolute atomic E-state index is 13.0. The zero-order valence-corrected chi connectivity index (χ0v) is 15.8. The summed E-state index contributed by atoms with van der Waals surface area (Å²) < 4.78 is 31.9. The number of hydrogen-bond acceptors (Lipinski definition) is 4. The van der Waals surface area contributed by atoms with Gasteiger partial charge >= 0.3 is 0 Å². The van der Waals surface area contributed by atoms with E-state index in [0.717, 1.165) is 18.4 Å². The highest BCUT2D eigenvalue weighted by molar-refractivity contribution is 7.89. The van der Waals surface area contributed by atoms with E-state index >= 15 is 0 Å². The second-order valence-electron chi connectivity index (χ2n) is 6.24. The lowest BCUT2D eigenvalue weighted by molar-refractivity contribution is 0.0730. The van der Waals surface area contributed by atoms with Crippen molar-refractivity contribution < 1.29 is 17.9 Å². The van der Waals surface area contributed by atoms with Crippen LogP contribution in [0.2, 0.25) is 0 Å². The molecule has 7 heteroatoms. The average molecular weight is 374 g/mol. The summed E-state index contributed by atoms with van der Waals surface area (Å²) in [6.07, 6.45) is 1.79. The Kier molecular flexibility index (Phi) is 5.02. The Balaban J connectivity index is 1.95. The van der Waals surface area contributed by atoms with Crippen molar-refractivity contribution in [3.63, 3.8) is 0 Å². The van der Waals surface area contributed by atoms with Crippen molar-refractivity contribution in [2.45, 2.75) is 23.8 Å². The number of carbonyl (C=O) groups is 1. The van der Waals surface area contributed by atoms with Gasteiger partial charge in [0, 0.05) is 12.6 Å². The molecule has 0 radical (unpaired) electrons. The smallest absolute Gasteiger partial charge is 0.254 e. The van der Waals surface area contributed by atoms with Gasteiger partial charge in [0.15, 0.2) is 0 Å². The zero-order chi connectivity index (χ0) is 18.9. The van der Waals surface area contributed by atoms with E-state index in [-0.39, 0.29) is 22.6 Å². The molecule has 0 saturated carbocycles. The van der Waals surface area contributed by atoms with Crippen LogP contribution in [-0.4, -0.2) is 40.4 Å². The largest absolute Gasteiger partial charge is 0.495 e. The number of rotatable bonds is 5. The normalized spacial score (nSPS) is 16.2. The van der Waals surface area contributed by atoms with E-state index in [0.29, 0.717) is 5.56 Å². The van der Waals surface area contributed by atoms with Gasteiger partial charge < -0.3 is 9.64 Å². The average Bonchev–Trinajstić information content (AvgIpc) is 3.10. The number of hydrogen-bond donors (Lipinski definition) is 1. The fraction of sp³-hybridized carbons (Fsp3) is 0.316. The quantitative estimate of drug-likeness (QED) is 0.872. The summed E-state index contributed by atoms with van der Waals surface area (Å²) in [5.74, 6) is -0.0216. The predicted molar refractivity (Wildman–Crippen MR) is 98.8 cm³/mol. The minimum atomic E-state index is -3.74. The Bertz CT molecular complexity index is 940. The van der Waals surface area contributed by atoms with Gasteiger partial charge in [0.2, 0.25) is 10.0 Å². The Morgan fingerprint density at radius 1 is 1.23 bits per heavy atom. The number of aryl methyl sites for hydroxylation is 1. The summed E-state index contributed by atoms with van der Waals surface area (Å²) in [5.41, 5.74) is 2.72. The van der Waals surface area contributed by atoms with Gasteiger partial charge in [-0.1, -0.05) is 24.3 Å². The molecule has 0 spiro atoms. The SMILES string of the molecule is CNS(=O)(=O)c1cc(C(=O)N(C)[C@H]2CCc3ccccc32)ccc1OC. The van der Waals surface area contributed by atoms with E-state index in [1.807, 2.05) is 18.2 Å². The van der Waals surface area contributed by atoms with E-state index in [1.165, 1.54) is 31.9 Å². The molecule has 0 heterocycles. The lowest BCUT2D eigenvalue weighted by atomic mass is 10.1. The first-order chi connectivity index (χ1) is 12.4. The summed E-state index contributed by atoms with van der Waals surface area (Å²) >= 11 is 0. The molecular weight excluding hydrogens is 352 g/mol. The maximum atomic E-state index is 13.0. The molecule has 0 bridgehead atoms.